The third-order valence-electron chi connectivity index (χ3n) is 3.36. The number of rotatable bonds is 5. The average Bonchev–Trinajstić information content (AvgIpc) is 2.99. The maximum absolute atomic E-state index is 10.0. The van der Waals surface area contributed by atoms with E-state index in [4.69, 9.17) is 17.0 Å². The van der Waals surface area contributed by atoms with Crippen LogP contribution in [-0.2, 0) is 0 Å². The summed E-state index contributed by atoms with van der Waals surface area (Å²) in [4.78, 5) is 0. The van der Waals surface area contributed by atoms with Crippen LogP contribution in [0.15, 0.2) is 47.6 Å². The van der Waals surface area contributed by atoms with Gasteiger partial charge in [-0.1, -0.05) is 30.3 Å². The minimum atomic E-state index is 0.129. The van der Waals surface area contributed by atoms with Gasteiger partial charge >= 0.3 is 0 Å². The third kappa shape index (κ3) is 3.90. The van der Waals surface area contributed by atoms with E-state index >= 15 is 0 Å². The number of nitrogens with one attached hydrogen (secondary N) is 1. The number of phenols is 1. The SMILES string of the molecule is CCOc1cc(/C=N\n2c(-c3ccccc3)n[nH]c2=S)cc(I)c1O. The van der Waals surface area contributed by atoms with Gasteiger partial charge in [-0.25, -0.2) is 5.10 Å². The van der Waals surface area contributed by atoms with Gasteiger partial charge in [0.25, 0.3) is 0 Å². The fourth-order valence-corrected chi connectivity index (χ4v) is 3.04. The van der Waals surface area contributed by atoms with Crippen LogP contribution in [0.1, 0.15) is 12.5 Å². The molecule has 0 amide bonds. The summed E-state index contributed by atoms with van der Waals surface area (Å²) in [5.74, 6) is 1.18. The highest BCUT2D eigenvalue weighted by molar-refractivity contribution is 14.1. The smallest absolute Gasteiger partial charge is 0.216 e. The highest BCUT2D eigenvalue weighted by Crippen LogP contribution is 2.32. The van der Waals surface area contributed by atoms with Crippen LogP contribution in [0.5, 0.6) is 11.5 Å². The molecule has 6 nitrogen and oxygen atoms in total. The van der Waals surface area contributed by atoms with Crippen molar-refractivity contribution in [2.75, 3.05) is 6.61 Å². The predicted octanol–water partition coefficient (Wildman–Crippen LogP) is 4.20. The second-order valence-corrected chi connectivity index (χ2v) is 6.61. The van der Waals surface area contributed by atoms with Crippen molar-refractivity contribution in [3.05, 3.63) is 56.4 Å². The number of H-pyrrole nitrogens is 1. The molecule has 0 bridgehead atoms. The lowest BCUT2D eigenvalue weighted by molar-refractivity contribution is 0.317. The van der Waals surface area contributed by atoms with E-state index in [0.29, 0.717) is 26.5 Å². The number of ether oxygens (including phenoxy) is 1. The molecule has 3 aromatic rings. The zero-order valence-electron chi connectivity index (χ0n) is 13.3. The Bertz CT molecular complexity index is 967. The second-order valence-electron chi connectivity index (χ2n) is 5.06. The molecule has 0 saturated heterocycles. The van der Waals surface area contributed by atoms with E-state index in [9.17, 15) is 5.11 Å². The fraction of sp³-hybridized carbons (Fsp3) is 0.118. The Morgan fingerprint density at radius 3 is 2.84 bits per heavy atom. The van der Waals surface area contributed by atoms with Crippen molar-refractivity contribution in [2.24, 2.45) is 5.10 Å². The van der Waals surface area contributed by atoms with Gasteiger partial charge in [0.1, 0.15) is 0 Å². The summed E-state index contributed by atoms with van der Waals surface area (Å²) in [6.45, 7) is 2.33. The van der Waals surface area contributed by atoms with Gasteiger partial charge in [-0.15, -0.1) is 0 Å². The van der Waals surface area contributed by atoms with Crippen LogP contribution < -0.4 is 4.74 Å². The largest absolute Gasteiger partial charge is 0.504 e. The molecular weight excluding hydrogens is 451 g/mol. The topological polar surface area (TPSA) is 75.4 Å². The molecule has 2 N–H and O–H groups in total. The van der Waals surface area contributed by atoms with Gasteiger partial charge in [0.15, 0.2) is 17.3 Å². The number of aromatic hydroxyl groups is 1. The van der Waals surface area contributed by atoms with Crippen molar-refractivity contribution in [1.82, 2.24) is 14.9 Å². The number of hydrogen-bond donors (Lipinski definition) is 2. The van der Waals surface area contributed by atoms with Crippen molar-refractivity contribution in [2.45, 2.75) is 6.92 Å². The summed E-state index contributed by atoms with van der Waals surface area (Å²) in [6.07, 6.45) is 1.65. The normalized spacial score (nSPS) is 11.1. The van der Waals surface area contributed by atoms with Crippen molar-refractivity contribution < 1.29 is 9.84 Å². The molecule has 0 spiro atoms. The van der Waals surface area contributed by atoms with E-state index in [1.807, 2.05) is 43.3 Å². The molecule has 0 fully saturated rings. The predicted molar refractivity (Wildman–Crippen MR) is 108 cm³/mol. The summed E-state index contributed by atoms with van der Waals surface area (Å²) in [6, 6.07) is 13.2. The van der Waals surface area contributed by atoms with Gasteiger partial charge in [0.05, 0.1) is 16.4 Å². The van der Waals surface area contributed by atoms with Crippen molar-refractivity contribution in [1.29, 1.82) is 0 Å². The number of benzene rings is 2. The Hall–Kier alpha value is -2.20. The molecule has 0 aliphatic rings. The molecular formula is C17H15IN4O2S. The molecule has 1 aromatic heterocycles. The van der Waals surface area contributed by atoms with Gasteiger partial charge < -0.3 is 9.84 Å². The molecule has 0 atom stereocenters. The van der Waals surface area contributed by atoms with E-state index in [2.05, 4.69) is 37.9 Å². The molecule has 0 unspecified atom stereocenters. The van der Waals surface area contributed by atoms with Crippen molar-refractivity contribution in [3.63, 3.8) is 0 Å². The Morgan fingerprint density at radius 2 is 2.12 bits per heavy atom. The lowest BCUT2D eigenvalue weighted by atomic mass is 10.2. The monoisotopic (exact) mass is 466 g/mol. The first-order chi connectivity index (χ1) is 12.1. The van der Waals surface area contributed by atoms with Gasteiger partial charge in [-0.3, -0.25) is 0 Å². The van der Waals surface area contributed by atoms with Crippen molar-refractivity contribution >= 4 is 41.0 Å². The minimum Gasteiger partial charge on any atom is -0.504 e. The first-order valence-electron chi connectivity index (χ1n) is 7.52. The first kappa shape index (κ1) is 17.6. The Morgan fingerprint density at radius 1 is 1.36 bits per heavy atom. The van der Waals surface area contributed by atoms with E-state index < -0.39 is 0 Å². The van der Waals surface area contributed by atoms with Crippen LogP contribution in [0.25, 0.3) is 11.4 Å². The number of nitrogens with zero attached hydrogens (tertiary/aromatic N) is 3. The Balaban J connectivity index is 1.99. The zero-order valence-corrected chi connectivity index (χ0v) is 16.3. The summed E-state index contributed by atoms with van der Waals surface area (Å²) in [5, 5.41) is 21.5. The molecule has 0 aliphatic heterocycles. The molecule has 128 valence electrons. The lowest BCUT2D eigenvalue weighted by Gasteiger charge is -2.08. The first-order valence-corrected chi connectivity index (χ1v) is 9.01. The van der Waals surface area contributed by atoms with Crippen LogP contribution in [0.4, 0.5) is 0 Å². The van der Waals surface area contributed by atoms with Gasteiger partial charge in [-0.05, 0) is 59.4 Å². The minimum absolute atomic E-state index is 0.129. The molecule has 0 aliphatic carbocycles. The lowest BCUT2D eigenvalue weighted by Crippen LogP contribution is -1.97. The summed E-state index contributed by atoms with van der Waals surface area (Å²) in [5.41, 5.74) is 1.69. The third-order valence-corrected chi connectivity index (χ3v) is 4.44. The Kier molecular flexibility index (Phi) is 5.49. The zero-order chi connectivity index (χ0) is 17.8. The molecule has 0 saturated carbocycles. The summed E-state index contributed by atoms with van der Waals surface area (Å²) >= 11 is 7.32. The molecule has 8 heteroatoms. The van der Waals surface area contributed by atoms with Crippen LogP contribution >= 0.6 is 34.8 Å². The number of aromatic amines is 1. The summed E-state index contributed by atoms with van der Waals surface area (Å²) < 4.78 is 8.09. The second kappa shape index (κ2) is 7.79. The summed E-state index contributed by atoms with van der Waals surface area (Å²) in [7, 11) is 0. The molecule has 1 heterocycles. The molecule has 0 radical (unpaired) electrons. The number of halogens is 1. The van der Waals surface area contributed by atoms with Crippen molar-refractivity contribution in [3.8, 4) is 22.9 Å². The number of hydrogen-bond acceptors (Lipinski definition) is 5. The number of phenolic OH excluding ortho intramolecular Hbond substituents is 1. The van der Waals surface area contributed by atoms with Gasteiger partial charge in [0.2, 0.25) is 4.77 Å². The fourth-order valence-electron chi connectivity index (χ4n) is 2.23. The van der Waals surface area contributed by atoms with Crippen LogP contribution in [0, 0.1) is 8.34 Å². The number of aromatic nitrogens is 3. The molecule has 2 aromatic carbocycles. The van der Waals surface area contributed by atoms with E-state index in [0.717, 1.165) is 11.1 Å². The van der Waals surface area contributed by atoms with E-state index in [-0.39, 0.29) is 5.75 Å². The highest BCUT2D eigenvalue weighted by atomic mass is 127. The Labute approximate surface area is 163 Å². The molecule has 25 heavy (non-hydrogen) atoms. The average molecular weight is 466 g/mol. The standard InChI is InChI=1S/C17H15IN4O2S/c1-2-24-14-9-11(8-13(18)15(14)23)10-19-22-16(20-21-17(22)25)12-6-4-3-5-7-12/h3-10,23H,2H2,1H3,(H,21,25)/b19-10-. The van der Waals surface area contributed by atoms with Gasteiger partial charge in [-0.2, -0.15) is 14.9 Å². The highest BCUT2D eigenvalue weighted by Gasteiger charge is 2.10. The van der Waals surface area contributed by atoms with Crippen LogP contribution in [-0.4, -0.2) is 32.8 Å². The van der Waals surface area contributed by atoms with Gasteiger partial charge in [0, 0.05) is 5.56 Å². The van der Waals surface area contributed by atoms with E-state index in [1.165, 1.54) is 0 Å². The molecule has 3 rings (SSSR count). The quantitative estimate of drug-likeness (QED) is 0.336. The maximum Gasteiger partial charge on any atom is 0.216 e. The van der Waals surface area contributed by atoms with Crippen LogP contribution in [0.3, 0.4) is 0 Å². The maximum atomic E-state index is 10.0. The van der Waals surface area contributed by atoms with Crippen LogP contribution in [0.2, 0.25) is 0 Å². The van der Waals surface area contributed by atoms with E-state index in [1.54, 1.807) is 17.0 Å².